The van der Waals surface area contributed by atoms with Crippen molar-refractivity contribution >= 4 is 11.5 Å². The maximum atomic E-state index is 10.9. The molecule has 0 saturated carbocycles. The molecule has 6 heteroatoms. The van der Waals surface area contributed by atoms with Crippen LogP contribution < -0.4 is 10.1 Å². The molecule has 0 saturated heterocycles. The normalized spacial score (nSPS) is 10.1. The Hall–Kier alpha value is -2.63. The average molecular weight is 287 g/mol. The number of anilines is 1. The fourth-order valence-corrected chi connectivity index (χ4v) is 1.80. The van der Waals surface area contributed by atoms with Gasteiger partial charge in [-0.3, -0.25) is 10.1 Å². The monoisotopic (exact) mass is 287 g/mol. The van der Waals surface area contributed by atoms with Crippen molar-refractivity contribution in [1.82, 2.24) is 4.98 Å². The highest BCUT2D eigenvalue weighted by atomic mass is 16.6. The van der Waals surface area contributed by atoms with Crippen LogP contribution in [0, 0.1) is 10.1 Å². The van der Waals surface area contributed by atoms with Crippen LogP contribution in [0.3, 0.4) is 0 Å². The van der Waals surface area contributed by atoms with Crippen molar-refractivity contribution in [3.63, 3.8) is 0 Å². The minimum absolute atomic E-state index is 0.0316. The first-order valence-corrected chi connectivity index (χ1v) is 6.75. The molecular formula is C15H17N3O3. The molecule has 2 rings (SSSR count). The molecular weight excluding hydrogens is 270 g/mol. The average Bonchev–Trinajstić information content (AvgIpc) is 2.51. The van der Waals surface area contributed by atoms with E-state index in [1.807, 2.05) is 12.1 Å². The molecule has 0 aliphatic heterocycles. The number of hydrogen-bond acceptors (Lipinski definition) is 5. The lowest BCUT2D eigenvalue weighted by Crippen LogP contribution is -2.04. The van der Waals surface area contributed by atoms with Crippen molar-refractivity contribution in [2.75, 3.05) is 11.9 Å². The van der Waals surface area contributed by atoms with Gasteiger partial charge in [-0.25, -0.2) is 4.98 Å². The number of nitrogens with zero attached hydrogens (tertiary/aromatic N) is 2. The van der Waals surface area contributed by atoms with E-state index >= 15 is 0 Å². The van der Waals surface area contributed by atoms with E-state index in [1.165, 1.54) is 6.07 Å². The molecule has 0 aliphatic carbocycles. The lowest BCUT2D eigenvalue weighted by atomic mass is 10.2. The van der Waals surface area contributed by atoms with Crippen molar-refractivity contribution in [1.29, 1.82) is 0 Å². The third-order valence-electron chi connectivity index (χ3n) is 2.84. The standard InChI is InChI=1S/C15H17N3O3/c1-2-8-16-15-10-12(7-9-17-15)11-21-14-6-4-3-5-13(14)18(19)20/h3-7,9-10H,2,8,11H2,1H3,(H,16,17). The van der Waals surface area contributed by atoms with E-state index in [0.29, 0.717) is 0 Å². The number of pyridine rings is 1. The SMILES string of the molecule is CCCNc1cc(COc2ccccc2[N+](=O)[O-])ccn1. The molecule has 0 radical (unpaired) electrons. The highest BCUT2D eigenvalue weighted by Crippen LogP contribution is 2.26. The van der Waals surface area contributed by atoms with Crippen LogP contribution in [0.5, 0.6) is 5.75 Å². The Balaban J connectivity index is 2.05. The summed E-state index contributed by atoms with van der Waals surface area (Å²) in [4.78, 5) is 14.7. The van der Waals surface area contributed by atoms with Gasteiger partial charge < -0.3 is 10.1 Å². The van der Waals surface area contributed by atoms with Gasteiger partial charge in [-0.2, -0.15) is 0 Å². The van der Waals surface area contributed by atoms with Crippen LogP contribution in [0.2, 0.25) is 0 Å². The summed E-state index contributed by atoms with van der Waals surface area (Å²) >= 11 is 0. The third-order valence-corrected chi connectivity index (χ3v) is 2.84. The van der Waals surface area contributed by atoms with Gasteiger partial charge in [0, 0.05) is 18.8 Å². The zero-order valence-corrected chi connectivity index (χ0v) is 11.8. The minimum atomic E-state index is -0.448. The molecule has 6 nitrogen and oxygen atoms in total. The minimum Gasteiger partial charge on any atom is -0.482 e. The lowest BCUT2D eigenvalue weighted by molar-refractivity contribution is -0.385. The van der Waals surface area contributed by atoms with Gasteiger partial charge in [0.15, 0.2) is 5.75 Å². The van der Waals surface area contributed by atoms with E-state index in [1.54, 1.807) is 24.4 Å². The highest BCUT2D eigenvalue weighted by Gasteiger charge is 2.13. The van der Waals surface area contributed by atoms with Crippen LogP contribution in [0.1, 0.15) is 18.9 Å². The van der Waals surface area contributed by atoms with Crippen molar-refractivity contribution in [3.8, 4) is 5.75 Å². The lowest BCUT2D eigenvalue weighted by Gasteiger charge is -2.08. The Bertz CT molecular complexity index is 617. The number of nitrogens with one attached hydrogen (secondary N) is 1. The van der Waals surface area contributed by atoms with Crippen molar-refractivity contribution in [3.05, 3.63) is 58.3 Å². The second-order valence-electron chi connectivity index (χ2n) is 4.49. The summed E-state index contributed by atoms with van der Waals surface area (Å²) in [6.07, 6.45) is 2.70. The molecule has 0 aliphatic rings. The third kappa shape index (κ3) is 4.17. The summed E-state index contributed by atoms with van der Waals surface area (Å²) in [5, 5.41) is 14.1. The van der Waals surface area contributed by atoms with Gasteiger partial charge in [0.05, 0.1) is 4.92 Å². The van der Waals surface area contributed by atoms with Crippen LogP contribution in [-0.4, -0.2) is 16.5 Å². The van der Waals surface area contributed by atoms with E-state index in [-0.39, 0.29) is 18.0 Å². The van der Waals surface area contributed by atoms with Gasteiger partial charge in [-0.15, -0.1) is 0 Å². The zero-order valence-electron chi connectivity index (χ0n) is 11.8. The number of benzene rings is 1. The van der Waals surface area contributed by atoms with Gasteiger partial charge in [0.2, 0.25) is 0 Å². The molecule has 1 aromatic carbocycles. The summed E-state index contributed by atoms with van der Waals surface area (Å²) in [7, 11) is 0. The molecule has 0 fully saturated rings. The number of hydrogen-bond donors (Lipinski definition) is 1. The first-order chi connectivity index (χ1) is 10.2. The Morgan fingerprint density at radius 3 is 2.90 bits per heavy atom. The molecule has 0 spiro atoms. The molecule has 1 aromatic heterocycles. The molecule has 1 N–H and O–H groups in total. The first kappa shape index (κ1) is 14.8. The maximum absolute atomic E-state index is 10.9. The molecule has 0 atom stereocenters. The summed E-state index contributed by atoms with van der Waals surface area (Å²) in [5.74, 6) is 1.04. The van der Waals surface area contributed by atoms with Crippen LogP contribution in [0.4, 0.5) is 11.5 Å². The predicted octanol–water partition coefficient (Wildman–Crippen LogP) is 3.39. The Kier molecular flexibility index (Phi) is 5.09. The van der Waals surface area contributed by atoms with Gasteiger partial charge in [0.25, 0.3) is 0 Å². The van der Waals surface area contributed by atoms with Crippen LogP contribution >= 0.6 is 0 Å². The molecule has 110 valence electrons. The quantitative estimate of drug-likeness (QED) is 0.624. The Morgan fingerprint density at radius 1 is 1.33 bits per heavy atom. The summed E-state index contributed by atoms with van der Waals surface area (Å²) < 4.78 is 5.55. The molecule has 0 amide bonds. The summed E-state index contributed by atoms with van der Waals surface area (Å²) in [5.41, 5.74) is 0.873. The van der Waals surface area contributed by atoms with Crippen LogP contribution in [-0.2, 0) is 6.61 Å². The Labute approximate surface area is 122 Å². The van der Waals surface area contributed by atoms with Crippen LogP contribution in [0.25, 0.3) is 0 Å². The largest absolute Gasteiger partial charge is 0.482 e. The fourth-order valence-electron chi connectivity index (χ4n) is 1.80. The van der Waals surface area contributed by atoms with E-state index in [4.69, 9.17) is 4.74 Å². The predicted molar refractivity (Wildman–Crippen MR) is 80.4 cm³/mol. The first-order valence-electron chi connectivity index (χ1n) is 6.75. The smallest absolute Gasteiger partial charge is 0.310 e. The van der Waals surface area contributed by atoms with Crippen LogP contribution in [0.15, 0.2) is 42.6 Å². The number of ether oxygens (including phenoxy) is 1. The van der Waals surface area contributed by atoms with E-state index in [0.717, 1.165) is 24.3 Å². The second kappa shape index (κ2) is 7.23. The second-order valence-corrected chi connectivity index (χ2v) is 4.49. The van der Waals surface area contributed by atoms with Crippen molar-refractivity contribution in [2.24, 2.45) is 0 Å². The van der Waals surface area contributed by atoms with Gasteiger partial charge >= 0.3 is 5.69 Å². The topological polar surface area (TPSA) is 77.3 Å². The number of aromatic nitrogens is 1. The van der Waals surface area contributed by atoms with Crippen molar-refractivity contribution in [2.45, 2.75) is 20.0 Å². The maximum Gasteiger partial charge on any atom is 0.310 e. The molecule has 2 aromatic rings. The Morgan fingerprint density at radius 2 is 2.14 bits per heavy atom. The molecule has 0 bridgehead atoms. The molecule has 21 heavy (non-hydrogen) atoms. The fraction of sp³-hybridized carbons (Fsp3) is 0.267. The molecule has 1 heterocycles. The zero-order chi connectivity index (χ0) is 15.1. The summed E-state index contributed by atoms with van der Waals surface area (Å²) in [6.45, 7) is 3.18. The van der Waals surface area contributed by atoms with E-state index in [9.17, 15) is 10.1 Å². The number of para-hydroxylation sites is 2. The van der Waals surface area contributed by atoms with Crippen molar-refractivity contribution < 1.29 is 9.66 Å². The number of rotatable bonds is 7. The van der Waals surface area contributed by atoms with E-state index in [2.05, 4.69) is 17.2 Å². The van der Waals surface area contributed by atoms with E-state index < -0.39 is 4.92 Å². The molecule has 0 unspecified atom stereocenters. The summed E-state index contributed by atoms with van der Waals surface area (Å²) in [6, 6.07) is 10.1. The number of nitro groups is 1. The number of nitro benzene ring substituents is 1. The van der Waals surface area contributed by atoms with Gasteiger partial charge in [0.1, 0.15) is 12.4 Å². The van der Waals surface area contributed by atoms with Gasteiger partial charge in [-0.1, -0.05) is 19.1 Å². The highest BCUT2D eigenvalue weighted by molar-refractivity contribution is 5.46. The van der Waals surface area contributed by atoms with Gasteiger partial charge in [-0.05, 0) is 30.2 Å².